The number of nitriles is 1. The Balaban J connectivity index is 2.06. The second kappa shape index (κ2) is 8.70. The van der Waals surface area contributed by atoms with Crippen molar-refractivity contribution in [3.8, 4) is 6.26 Å². The first-order chi connectivity index (χ1) is 13.6. The van der Waals surface area contributed by atoms with Gasteiger partial charge in [0.15, 0.2) is 0 Å². The summed E-state index contributed by atoms with van der Waals surface area (Å²) in [4.78, 5) is 19.3. The van der Waals surface area contributed by atoms with Crippen LogP contribution in [0.15, 0.2) is 88.7 Å². The van der Waals surface area contributed by atoms with Gasteiger partial charge in [0.1, 0.15) is 0 Å². The van der Waals surface area contributed by atoms with E-state index in [0.717, 1.165) is 0 Å². The van der Waals surface area contributed by atoms with Gasteiger partial charge in [-0.25, -0.2) is 9.00 Å². The Labute approximate surface area is 164 Å². The maximum absolute atomic E-state index is 12.9. The first kappa shape index (κ1) is 18.9. The number of carbonyl (C=O) groups is 1. The SMILES string of the molecule is N#CONC(=O)N(c1ccccc1)c1cc(S(=O)c2ccccc2)ccc1N. The molecule has 0 aliphatic carbocycles. The van der Waals surface area contributed by atoms with Crippen molar-refractivity contribution < 1.29 is 13.8 Å². The van der Waals surface area contributed by atoms with Crippen molar-refractivity contribution in [3.63, 3.8) is 0 Å². The minimum atomic E-state index is -1.45. The molecule has 3 aromatic carbocycles. The first-order valence-electron chi connectivity index (χ1n) is 8.18. The number of anilines is 3. The lowest BCUT2D eigenvalue weighted by Gasteiger charge is -2.24. The van der Waals surface area contributed by atoms with Crippen molar-refractivity contribution in [1.82, 2.24) is 5.48 Å². The highest BCUT2D eigenvalue weighted by Crippen LogP contribution is 2.33. The molecule has 0 aliphatic rings. The van der Waals surface area contributed by atoms with Crippen LogP contribution in [0.5, 0.6) is 0 Å². The number of hydrogen-bond donors (Lipinski definition) is 2. The largest absolute Gasteiger partial charge is 0.397 e. The molecule has 3 aromatic rings. The number of hydroxylamine groups is 1. The molecule has 140 valence electrons. The fourth-order valence-corrected chi connectivity index (χ4v) is 3.65. The zero-order chi connectivity index (χ0) is 19.9. The third-order valence-corrected chi connectivity index (χ3v) is 5.20. The molecule has 0 bridgehead atoms. The summed E-state index contributed by atoms with van der Waals surface area (Å²) in [5.41, 5.74) is 9.24. The van der Waals surface area contributed by atoms with Gasteiger partial charge in [0.05, 0.1) is 27.9 Å². The number of para-hydroxylation sites is 1. The average Bonchev–Trinajstić information content (AvgIpc) is 2.74. The Bertz CT molecular complexity index is 1040. The highest BCUT2D eigenvalue weighted by molar-refractivity contribution is 7.85. The zero-order valence-electron chi connectivity index (χ0n) is 14.6. The van der Waals surface area contributed by atoms with Crippen LogP contribution < -0.4 is 16.1 Å². The number of benzene rings is 3. The van der Waals surface area contributed by atoms with Gasteiger partial charge in [-0.2, -0.15) is 5.48 Å². The van der Waals surface area contributed by atoms with E-state index in [2.05, 4.69) is 4.84 Å². The molecule has 0 radical (unpaired) electrons. The van der Waals surface area contributed by atoms with Gasteiger partial charge in [-0.1, -0.05) is 36.4 Å². The number of urea groups is 1. The molecule has 0 aromatic heterocycles. The van der Waals surface area contributed by atoms with Crippen LogP contribution in [0.25, 0.3) is 0 Å². The van der Waals surface area contributed by atoms with E-state index in [1.54, 1.807) is 72.8 Å². The van der Waals surface area contributed by atoms with Crippen LogP contribution in [-0.4, -0.2) is 10.2 Å². The molecule has 0 spiro atoms. The second-order valence-electron chi connectivity index (χ2n) is 5.57. The smallest absolute Gasteiger partial charge is 0.360 e. The molecular weight excluding hydrogens is 376 g/mol. The molecule has 2 amide bonds. The lowest BCUT2D eigenvalue weighted by molar-refractivity contribution is 0.159. The van der Waals surface area contributed by atoms with Gasteiger partial charge in [-0.05, 0) is 42.5 Å². The third-order valence-electron chi connectivity index (χ3n) is 3.82. The summed E-state index contributed by atoms with van der Waals surface area (Å²) >= 11 is 0. The van der Waals surface area contributed by atoms with Crippen LogP contribution in [0.2, 0.25) is 0 Å². The number of hydrogen-bond acceptors (Lipinski definition) is 5. The van der Waals surface area contributed by atoms with E-state index in [0.29, 0.717) is 26.9 Å². The minimum Gasteiger partial charge on any atom is -0.397 e. The number of carbonyl (C=O) groups excluding carboxylic acids is 1. The van der Waals surface area contributed by atoms with Gasteiger partial charge in [-0.3, -0.25) is 9.74 Å². The average molecular weight is 392 g/mol. The van der Waals surface area contributed by atoms with Crippen LogP contribution in [0.1, 0.15) is 0 Å². The fraction of sp³-hybridized carbons (Fsp3) is 0. The van der Waals surface area contributed by atoms with E-state index >= 15 is 0 Å². The standard InChI is InChI=1S/C20H16N4O3S/c21-14-27-23-20(25)24(15-7-3-1-4-8-15)19-13-17(11-12-18(19)22)28(26)16-9-5-2-6-10-16/h1-13H,22H2,(H,23,25). The molecule has 3 rings (SSSR count). The Morgan fingerprint density at radius 2 is 1.64 bits per heavy atom. The molecular formula is C20H16N4O3S. The Hall–Kier alpha value is -3.83. The number of nitrogens with two attached hydrogens (primary N) is 1. The highest BCUT2D eigenvalue weighted by atomic mass is 32.2. The van der Waals surface area contributed by atoms with Crippen molar-refractivity contribution in [2.75, 3.05) is 10.6 Å². The number of nitrogens with one attached hydrogen (secondary N) is 1. The third kappa shape index (κ3) is 4.11. The van der Waals surface area contributed by atoms with Crippen LogP contribution in [0, 0.1) is 11.5 Å². The molecule has 7 nitrogen and oxygen atoms in total. The molecule has 8 heteroatoms. The van der Waals surface area contributed by atoms with E-state index in [1.807, 2.05) is 11.5 Å². The van der Waals surface area contributed by atoms with Crippen LogP contribution in [0.3, 0.4) is 0 Å². The monoisotopic (exact) mass is 392 g/mol. The Morgan fingerprint density at radius 3 is 2.29 bits per heavy atom. The zero-order valence-corrected chi connectivity index (χ0v) is 15.4. The summed E-state index contributed by atoms with van der Waals surface area (Å²) in [5.74, 6) is 0. The quantitative estimate of drug-likeness (QED) is 0.391. The number of rotatable bonds is 5. The van der Waals surface area contributed by atoms with Gasteiger partial charge in [0, 0.05) is 9.79 Å². The van der Waals surface area contributed by atoms with Crippen LogP contribution in [0.4, 0.5) is 21.9 Å². The van der Waals surface area contributed by atoms with Gasteiger partial charge in [-0.15, -0.1) is 5.26 Å². The van der Waals surface area contributed by atoms with Crippen molar-refractivity contribution in [3.05, 3.63) is 78.9 Å². The summed E-state index contributed by atoms with van der Waals surface area (Å²) in [6.45, 7) is 0. The van der Waals surface area contributed by atoms with Gasteiger partial charge in [0.2, 0.25) is 0 Å². The fourth-order valence-electron chi connectivity index (χ4n) is 2.57. The van der Waals surface area contributed by atoms with E-state index in [9.17, 15) is 9.00 Å². The van der Waals surface area contributed by atoms with Gasteiger partial charge in [0.25, 0.3) is 0 Å². The lowest BCUT2D eigenvalue weighted by atomic mass is 10.2. The molecule has 0 saturated carbocycles. The molecule has 0 saturated heterocycles. The van der Waals surface area contributed by atoms with E-state index in [4.69, 9.17) is 11.0 Å². The molecule has 1 atom stereocenters. The van der Waals surface area contributed by atoms with Crippen molar-refractivity contribution >= 4 is 33.9 Å². The van der Waals surface area contributed by atoms with E-state index < -0.39 is 16.8 Å². The molecule has 1 unspecified atom stereocenters. The lowest BCUT2D eigenvalue weighted by Crippen LogP contribution is -2.36. The first-order valence-corrected chi connectivity index (χ1v) is 9.33. The van der Waals surface area contributed by atoms with Crippen molar-refractivity contribution in [2.24, 2.45) is 0 Å². The molecule has 0 heterocycles. The van der Waals surface area contributed by atoms with Gasteiger partial charge >= 0.3 is 12.3 Å². The molecule has 0 aliphatic heterocycles. The number of nitrogen functional groups attached to an aromatic ring is 1. The summed E-state index contributed by atoms with van der Waals surface area (Å²) < 4.78 is 12.9. The number of amides is 2. The summed E-state index contributed by atoms with van der Waals surface area (Å²) in [5, 5.41) is 8.57. The normalized spacial score (nSPS) is 11.1. The molecule has 0 fully saturated rings. The van der Waals surface area contributed by atoms with E-state index in [1.165, 1.54) is 11.2 Å². The van der Waals surface area contributed by atoms with Crippen molar-refractivity contribution in [1.29, 1.82) is 5.26 Å². The highest BCUT2D eigenvalue weighted by Gasteiger charge is 2.22. The minimum absolute atomic E-state index is 0.296. The number of nitrogens with zero attached hydrogens (tertiary/aromatic N) is 2. The molecule has 28 heavy (non-hydrogen) atoms. The summed E-state index contributed by atoms with van der Waals surface area (Å²) in [6.07, 6.45) is 1.38. The van der Waals surface area contributed by atoms with E-state index in [-0.39, 0.29) is 0 Å². The van der Waals surface area contributed by atoms with Crippen molar-refractivity contribution in [2.45, 2.75) is 9.79 Å². The summed E-state index contributed by atoms with van der Waals surface area (Å²) in [6, 6.07) is 21.8. The summed E-state index contributed by atoms with van der Waals surface area (Å²) in [7, 11) is -1.45. The Kier molecular flexibility index (Phi) is 5.89. The molecule has 3 N–H and O–H groups in total. The predicted molar refractivity (Wildman–Crippen MR) is 106 cm³/mol. The second-order valence-corrected chi connectivity index (χ2v) is 7.05. The predicted octanol–water partition coefficient (Wildman–Crippen LogP) is 3.70. The topological polar surface area (TPSA) is 108 Å². The Morgan fingerprint density at radius 1 is 1.00 bits per heavy atom. The van der Waals surface area contributed by atoms with Gasteiger partial charge < -0.3 is 5.73 Å². The maximum Gasteiger partial charge on any atom is 0.360 e. The van der Waals surface area contributed by atoms with Crippen LogP contribution >= 0.6 is 0 Å². The maximum atomic E-state index is 12.9. The van der Waals surface area contributed by atoms with Crippen LogP contribution in [-0.2, 0) is 15.6 Å².